The predicted octanol–water partition coefficient (Wildman–Crippen LogP) is 2.43. The highest BCUT2D eigenvalue weighted by Gasteiger charge is 2.25. The number of carboxylic acid groups (broad SMARTS) is 1. The lowest BCUT2D eigenvalue weighted by Crippen LogP contribution is -2.38. The average molecular weight is 251 g/mol. The SMILES string of the molecule is Cc1ccc(CN2CCCC(C(=O)O)C2)cc1F. The molecule has 0 aromatic heterocycles. The zero-order chi connectivity index (χ0) is 13.1. The van der Waals surface area contributed by atoms with Crippen LogP contribution >= 0.6 is 0 Å². The van der Waals surface area contributed by atoms with Crippen LogP contribution in [0.4, 0.5) is 4.39 Å². The van der Waals surface area contributed by atoms with Crippen molar-refractivity contribution in [2.45, 2.75) is 26.3 Å². The molecule has 1 aliphatic heterocycles. The second-order valence-corrected chi connectivity index (χ2v) is 5.00. The molecule has 18 heavy (non-hydrogen) atoms. The summed E-state index contributed by atoms with van der Waals surface area (Å²) in [7, 11) is 0. The first-order valence-corrected chi connectivity index (χ1v) is 6.26. The molecule has 0 bridgehead atoms. The number of carboxylic acids is 1. The summed E-state index contributed by atoms with van der Waals surface area (Å²) in [6, 6.07) is 5.21. The van der Waals surface area contributed by atoms with Crippen LogP contribution in [0.3, 0.4) is 0 Å². The predicted molar refractivity (Wildman–Crippen MR) is 66.8 cm³/mol. The van der Waals surface area contributed by atoms with Crippen molar-refractivity contribution in [3.8, 4) is 0 Å². The van der Waals surface area contributed by atoms with E-state index < -0.39 is 5.97 Å². The molecule has 4 heteroatoms. The maximum atomic E-state index is 13.4. The van der Waals surface area contributed by atoms with Gasteiger partial charge in [0.2, 0.25) is 0 Å². The molecule has 1 atom stereocenters. The fourth-order valence-corrected chi connectivity index (χ4v) is 2.39. The zero-order valence-electron chi connectivity index (χ0n) is 10.5. The van der Waals surface area contributed by atoms with Crippen LogP contribution in [0.1, 0.15) is 24.0 Å². The zero-order valence-corrected chi connectivity index (χ0v) is 10.5. The Morgan fingerprint density at radius 3 is 3.00 bits per heavy atom. The summed E-state index contributed by atoms with van der Waals surface area (Å²) in [5.41, 5.74) is 1.55. The summed E-state index contributed by atoms with van der Waals surface area (Å²) >= 11 is 0. The van der Waals surface area contributed by atoms with Gasteiger partial charge in [-0.15, -0.1) is 0 Å². The van der Waals surface area contributed by atoms with Gasteiger partial charge in [0.05, 0.1) is 5.92 Å². The number of piperidine rings is 1. The molecule has 1 aliphatic rings. The lowest BCUT2D eigenvalue weighted by molar-refractivity contribution is -0.143. The number of aliphatic carboxylic acids is 1. The van der Waals surface area contributed by atoms with Gasteiger partial charge in [-0.05, 0) is 43.5 Å². The molecular formula is C14H18FNO2. The van der Waals surface area contributed by atoms with Gasteiger partial charge in [-0.2, -0.15) is 0 Å². The Bertz CT molecular complexity index is 447. The molecule has 1 heterocycles. The first kappa shape index (κ1) is 13.0. The molecule has 0 spiro atoms. The number of rotatable bonds is 3. The van der Waals surface area contributed by atoms with Gasteiger partial charge in [-0.1, -0.05) is 12.1 Å². The lowest BCUT2D eigenvalue weighted by Gasteiger charge is -2.30. The highest BCUT2D eigenvalue weighted by atomic mass is 19.1. The Hall–Kier alpha value is -1.42. The van der Waals surface area contributed by atoms with Gasteiger partial charge in [-0.3, -0.25) is 9.69 Å². The minimum Gasteiger partial charge on any atom is -0.481 e. The second-order valence-electron chi connectivity index (χ2n) is 5.00. The molecule has 0 radical (unpaired) electrons. The van der Waals surface area contributed by atoms with Crippen LogP contribution in [0, 0.1) is 18.7 Å². The summed E-state index contributed by atoms with van der Waals surface area (Å²) in [5, 5.41) is 9.02. The van der Waals surface area contributed by atoms with Gasteiger partial charge in [0.1, 0.15) is 5.82 Å². The van der Waals surface area contributed by atoms with Crippen LogP contribution in [0.25, 0.3) is 0 Å². The highest BCUT2D eigenvalue weighted by Crippen LogP contribution is 2.19. The van der Waals surface area contributed by atoms with E-state index in [4.69, 9.17) is 5.11 Å². The molecule has 0 aliphatic carbocycles. The molecule has 1 aromatic carbocycles. The van der Waals surface area contributed by atoms with Crippen molar-refractivity contribution in [2.24, 2.45) is 5.92 Å². The van der Waals surface area contributed by atoms with E-state index in [-0.39, 0.29) is 11.7 Å². The Labute approximate surface area is 106 Å². The van der Waals surface area contributed by atoms with Crippen LogP contribution in [0.5, 0.6) is 0 Å². The van der Waals surface area contributed by atoms with Crippen LogP contribution in [-0.2, 0) is 11.3 Å². The van der Waals surface area contributed by atoms with Crippen LogP contribution in [-0.4, -0.2) is 29.1 Å². The van der Waals surface area contributed by atoms with Crippen LogP contribution in [0.15, 0.2) is 18.2 Å². The summed E-state index contributed by atoms with van der Waals surface area (Å²) < 4.78 is 13.4. The van der Waals surface area contributed by atoms with Crippen molar-refractivity contribution >= 4 is 5.97 Å². The van der Waals surface area contributed by atoms with Gasteiger partial charge in [0.25, 0.3) is 0 Å². The smallest absolute Gasteiger partial charge is 0.307 e. The maximum absolute atomic E-state index is 13.4. The van der Waals surface area contributed by atoms with E-state index in [0.29, 0.717) is 18.7 Å². The topological polar surface area (TPSA) is 40.5 Å². The third-order valence-corrected chi connectivity index (χ3v) is 3.50. The van der Waals surface area contributed by atoms with Crippen molar-refractivity contribution in [1.29, 1.82) is 0 Å². The number of nitrogens with zero attached hydrogens (tertiary/aromatic N) is 1. The third kappa shape index (κ3) is 3.07. The normalized spacial score (nSPS) is 20.9. The maximum Gasteiger partial charge on any atom is 0.307 e. The third-order valence-electron chi connectivity index (χ3n) is 3.50. The van der Waals surface area contributed by atoms with E-state index in [0.717, 1.165) is 24.9 Å². The van der Waals surface area contributed by atoms with E-state index in [2.05, 4.69) is 4.90 Å². The van der Waals surface area contributed by atoms with E-state index in [1.54, 1.807) is 19.1 Å². The molecular weight excluding hydrogens is 233 g/mol. The van der Waals surface area contributed by atoms with Crippen molar-refractivity contribution in [3.05, 3.63) is 35.1 Å². The Morgan fingerprint density at radius 1 is 1.56 bits per heavy atom. The first-order chi connectivity index (χ1) is 8.56. The molecule has 0 saturated carbocycles. The molecule has 0 amide bonds. The number of carbonyl (C=O) groups is 1. The molecule has 3 nitrogen and oxygen atoms in total. The van der Waals surface area contributed by atoms with Gasteiger partial charge in [-0.25, -0.2) is 4.39 Å². The van der Waals surface area contributed by atoms with Crippen molar-refractivity contribution < 1.29 is 14.3 Å². The van der Waals surface area contributed by atoms with E-state index >= 15 is 0 Å². The Balaban J connectivity index is 2.00. The number of benzene rings is 1. The summed E-state index contributed by atoms with van der Waals surface area (Å²) in [6.07, 6.45) is 1.64. The molecule has 1 N–H and O–H groups in total. The molecule has 2 rings (SSSR count). The van der Waals surface area contributed by atoms with Gasteiger partial charge < -0.3 is 5.11 Å². The molecule has 98 valence electrons. The Morgan fingerprint density at radius 2 is 2.33 bits per heavy atom. The highest BCUT2D eigenvalue weighted by molar-refractivity contribution is 5.70. The molecule has 1 unspecified atom stereocenters. The number of hydrogen-bond acceptors (Lipinski definition) is 2. The van der Waals surface area contributed by atoms with Crippen molar-refractivity contribution in [3.63, 3.8) is 0 Å². The standard InChI is InChI=1S/C14H18FNO2/c1-10-4-5-11(7-13(10)15)8-16-6-2-3-12(9-16)14(17)18/h4-5,7,12H,2-3,6,8-9H2,1H3,(H,17,18). The quantitative estimate of drug-likeness (QED) is 0.897. The van der Waals surface area contributed by atoms with Crippen LogP contribution in [0.2, 0.25) is 0 Å². The molecule has 1 saturated heterocycles. The van der Waals surface area contributed by atoms with Crippen molar-refractivity contribution in [1.82, 2.24) is 4.90 Å². The summed E-state index contributed by atoms with van der Waals surface area (Å²) in [5.74, 6) is -1.21. The van der Waals surface area contributed by atoms with E-state index in [1.807, 2.05) is 6.07 Å². The average Bonchev–Trinajstić information content (AvgIpc) is 2.34. The molecule has 1 fully saturated rings. The minimum atomic E-state index is -0.727. The second kappa shape index (κ2) is 5.48. The first-order valence-electron chi connectivity index (χ1n) is 6.26. The van der Waals surface area contributed by atoms with Gasteiger partial charge in [0, 0.05) is 13.1 Å². The van der Waals surface area contributed by atoms with Gasteiger partial charge >= 0.3 is 5.97 Å². The largest absolute Gasteiger partial charge is 0.481 e. The fourth-order valence-electron chi connectivity index (χ4n) is 2.39. The number of likely N-dealkylation sites (tertiary alicyclic amines) is 1. The van der Waals surface area contributed by atoms with E-state index in [1.165, 1.54) is 0 Å². The lowest BCUT2D eigenvalue weighted by atomic mass is 9.98. The number of halogens is 1. The minimum absolute atomic E-state index is 0.195. The fraction of sp³-hybridized carbons (Fsp3) is 0.500. The summed E-state index contributed by atoms with van der Waals surface area (Å²) in [6.45, 7) is 3.81. The monoisotopic (exact) mass is 251 g/mol. The number of aryl methyl sites for hydroxylation is 1. The summed E-state index contributed by atoms with van der Waals surface area (Å²) in [4.78, 5) is 13.1. The van der Waals surface area contributed by atoms with Crippen molar-refractivity contribution in [2.75, 3.05) is 13.1 Å². The van der Waals surface area contributed by atoms with Crippen LogP contribution < -0.4 is 0 Å². The molecule has 1 aromatic rings. The van der Waals surface area contributed by atoms with E-state index in [9.17, 15) is 9.18 Å². The Kier molecular flexibility index (Phi) is 3.97. The number of hydrogen-bond donors (Lipinski definition) is 1. The van der Waals surface area contributed by atoms with Gasteiger partial charge in [0.15, 0.2) is 0 Å².